The smallest absolute Gasteiger partial charge is 0.251 e. The highest BCUT2D eigenvalue weighted by Gasteiger charge is 2.05. The van der Waals surface area contributed by atoms with Crippen LogP contribution in [0.25, 0.3) is 5.69 Å². The summed E-state index contributed by atoms with van der Waals surface area (Å²) >= 11 is 0. The normalized spacial score (nSPS) is 10.8. The summed E-state index contributed by atoms with van der Waals surface area (Å²) in [7, 11) is 0. The summed E-state index contributed by atoms with van der Waals surface area (Å²) in [6, 6.07) is 11.5. The van der Waals surface area contributed by atoms with Gasteiger partial charge in [-0.2, -0.15) is 0 Å². The van der Waals surface area contributed by atoms with Gasteiger partial charge in [-0.1, -0.05) is 18.2 Å². The van der Waals surface area contributed by atoms with Crippen molar-refractivity contribution in [2.75, 3.05) is 6.54 Å². The van der Waals surface area contributed by atoms with Crippen LogP contribution >= 0.6 is 0 Å². The molecule has 2 aromatic rings. The van der Waals surface area contributed by atoms with Gasteiger partial charge in [-0.25, -0.2) is 0 Å². The number of amides is 1. The zero-order valence-corrected chi connectivity index (χ0v) is 11.0. The van der Waals surface area contributed by atoms with E-state index < -0.39 is 0 Å². The Labute approximate surface area is 113 Å². The predicted octanol–water partition coefficient (Wildman–Crippen LogP) is 3.17. The Morgan fingerprint density at radius 1 is 1.26 bits per heavy atom. The van der Waals surface area contributed by atoms with Gasteiger partial charge < -0.3 is 9.88 Å². The van der Waals surface area contributed by atoms with Gasteiger partial charge in [0.05, 0.1) is 0 Å². The van der Waals surface area contributed by atoms with Gasteiger partial charge in [0.2, 0.25) is 0 Å². The van der Waals surface area contributed by atoms with Gasteiger partial charge >= 0.3 is 0 Å². The van der Waals surface area contributed by atoms with Gasteiger partial charge in [-0.05, 0) is 43.7 Å². The van der Waals surface area contributed by atoms with Crippen molar-refractivity contribution in [2.24, 2.45) is 0 Å². The van der Waals surface area contributed by atoms with Crippen LogP contribution in [0.5, 0.6) is 0 Å². The monoisotopic (exact) mass is 254 g/mol. The average molecular weight is 254 g/mol. The average Bonchev–Trinajstić information content (AvgIpc) is 2.98. The number of hydrogen-bond acceptors (Lipinski definition) is 1. The summed E-state index contributed by atoms with van der Waals surface area (Å²) in [4.78, 5) is 12.0. The highest BCUT2D eigenvalue weighted by atomic mass is 16.1. The molecule has 98 valence electrons. The van der Waals surface area contributed by atoms with Crippen molar-refractivity contribution in [3.63, 3.8) is 0 Å². The molecule has 0 atom stereocenters. The first-order chi connectivity index (χ1) is 9.31. The molecule has 0 unspecified atom stereocenters. The molecule has 19 heavy (non-hydrogen) atoms. The van der Waals surface area contributed by atoms with E-state index >= 15 is 0 Å². The van der Waals surface area contributed by atoms with E-state index in [4.69, 9.17) is 0 Å². The first-order valence-electron chi connectivity index (χ1n) is 6.44. The molecule has 0 aliphatic rings. The van der Waals surface area contributed by atoms with Crippen molar-refractivity contribution in [1.29, 1.82) is 0 Å². The number of rotatable bonds is 5. The van der Waals surface area contributed by atoms with E-state index in [1.807, 2.05) is 72.4 Å². The van der Waals surface area contributed by atoms with Crippen LogP contribution in [0.2, 0.25) is 0 Å². The first-order valence-corrected chi connectivity index (χ1v) is 6.44. The van der Waals surface area contributed by atoms with Gasteiger partial charge in [0.15, 0.2) is 0 Å². The number of allylic oxidation sites excluding steroid dienone is 1. The molecule has 3 nitrogen and oxygen atoms in total. The largest absolute Gasteiger partial charge is 0.352 e. The van der Waals surface area contributed by atoms with Crippen LogP contribution in [0.15, 0.2) is 60.9 Å². The maximum absolute atomic E-state index is 12.0. The molecule has 1 aromatic heterocycles. The molecule has 2 rings (SSSR count). The minimum absolute atomic E-state index is 0.0292. The standard InChI is InChI=1S/C16H18N2O/c1-2-3-4-10-17-16(19)14-8-7-9-15(13-14)18-11-5-6-12-18/h2-3,5-9,11-13H,4,10H2,1H3,(H,17,19)/b3-2+. The van der Waals surface area contributed by atoms with Crippen molar-refractivity contribution >= 4 is 5.91 Å². The lowest BCUT2D eigenvalue weighted by Crippen LogP contribution is -2.24. The Bertz CT molecular complexity index is 556. The molecule has 0 fully saturated rings. The lowest BCUT2D eigenvalue weighted by atomic mass is 10.2. The Morgan fingerprint density at radius 2 is 2.05 bits per heavy atom. The van der Waals surface area contributed by atoms with Crippen LogP contribution in [0.1, 0.15) is 23.7 Å². The molecule has 0 aliphatic carbocycles. The van der Waals surface area contributed by atoms with Crippen LogP contribution in [-0.4, -0.2) is 17.0 Å². The predicted molar refractivity (Wildman–Crippen MR) is 77.5 cm³/mol. The summed E-state index contributed by atoms with van der Waals surface area (Å²) in [5.74, 6) is -0.0292. The second-order valence-electron chi connectivity index (χ2n) is 4.25. The summed E-state index contributed by atoms with van der Waals surface area (Å²) < 4.78 is 1.98. The minimum atomic E-state index is -0.0292. The molecular weight excluding hydrogens is 236 g/mol. The zero-order chi connectivity index (χ0) is 13.5. The lowest BCUT2D eigenvalue weighted by molar-refractivity contribution is 0.0954. The van der Waals surface area contributed by atoms with E-state index in [1.54, 1.807) is 0 Å². The van der Waals surface area contributed by atoms with Gasteiger partial charge in [0.25, 0.3) is 5.91 Å². The van der Waals surface area contributed by atoms with E-state index in [9.17, 15) is 4.79 Å². The molecule has 0 radical (unpaired) electrons. The van der Waals surface area contributed by atoms with E-state index in [2.05, 4.69) is 5.32 Å². The van der Waals surface area contributed by atoms with Gasteiger partial charge in [-0.3, -0.25) is 4.79 Å². The second-order valence-corrected chi connectivity index (χ2v) is 4.25. The van der Waals surface area contributed by atoms with E-state index in [-0.39, 0.29) is 5.91 Å². The third kappa shape index (κ3) is 3.58. The Hall–Kier alpha value is -2.29. The quantitative estimate of drug-likeness (QED) is 0.645. The Kier molecular flexibility index (Phi) is 4.56. The maximum Gasteiger partial charge on any atom is 0.251 e. The van der Waals surface area contributed by atoms with Crippen molar-refractivity contribution in [3.8, 4) is 5.69 Å². The maximum atomic E-state index is 12.0. The first kappa shape index (κ1) is 13.1. The number of hydrogen-bond donors (Lipinski definition) is 1. The highest BCUT2D eigenvalue weighted by molar-refractivity contribution is 5.94. The number of nitrogens with one attached hydrogen (secondary N) is 1. The number of carbonyl (C=O) groups excluding carboxylic acids is 1. The fraction of sp³-hybridized carbons (Fsp3) is 0.188. The molecule has 1 aromatic carbocycles. The molecule has 1 heterocycles. The molecule has 0 aliphatic heterocycles. The zero-order valence-electron chi connectivity index (χ0n) is 11.0. The topological polar surface area (TPSA) is 34.0 Å². The van der Waals surface area contributed by atoms with Gasteiger partial charge in [0.1, 0.15) is 0 Å². The molecule has 3 heteroatoms. The van der Waals surface area contributed by atoms with Gasteiger partial charge in [0, 0.05) is 30.2 Å². The Morgan fingerprint density at radius 3 is 2.79 bits per heavy atom. The molecule has 1 N–H and O–H groups in total. The van der Waals surface area contributed by atoms with E-state index in [0.717, 1.165) is 12.1 Å². The number of benzene rings is 1. The lowest BCUT2D eigenvalue weighted by Gasteiger charge is -2.07. The third-order valence-corrected chi connectivity index (χ3v) is 2.84. The van der Waals surface area contributed by atoms with Crippen molar-refractivity contribution in [2.45, 2.75) is 13.3 Å². The minimum Gasteiger partial charge on any atom is -0.352 e. The van der Waals surface area contributed by atoms with Crippen LogP contribution < -0.4 is 5.32 Å². The van der Waals surface area contributed by atoms with Crippen molar-refractivity contribution < 1.29 is 4.79 Å². The molecule has 0 saturated carbocycles. The molecule has 1 amide bonds. The third-order valence-electron chi connectivity index (χ3n) is 2.84. The number of nitrogens with zero attached hydrogens (tertiary/aromatic N) is 1. The van der Waals surface area contributed by atoms with Crippen molar-refractivity contribution in [3.05, 3.63) is 66.5 Å². The highest BCUT2D eigenvalue weighted by Crippen LogP contribution is 2.10. The Balaban J connectivity index is 2.04. The number of carbonyl (C=O) groups is 1. The summed E-state index contributed by atoms with van der Waals surface area (Å²) in [6.07, 6.45) is 8.81. The molecular formula is C16H18N2O. The SMILES string of the molecule is C/C=C/CCNC(=O)c1cccc(-n2cccc2)c1. The van der Waals surface area contributed by atoms with Crippen LogP contribution in [0.4, 0.5) is 0 Å². The fourth-order valence-corrected chi connectivity index (χ4v) is 1.85. The van der Waals surface area contributed by atoms with Gasteiger partial charge in [-0.15, -0.1) is 0 Å². The van der Waals surface area contributed by atoms with Crippen LogP contribution in [0, 0.1) is 0 Å². The van der Waals surface area contributed by atoms with Crippen molar-refractivity contribution in [1.82, 2.24) is 9.88 Å². The van der Waals surface area contributed by atoms with Crippen LogP contribution in [0.3, 0.4) is 0 Å². The number of aromatic nitrogens is 1. The van der Waals surface area contributed by atoms with E-state index in [0.29, 0.717) is 12.1 Å². The summed E-state index contributed by atoms with van der Waals surface area (Å²) in [6.45, 7) is 2.64. The summed E-state index contributed by atoms with van der Waals surface area (Å²) in [5.41, 5.74) is 1.68. The van der Waals surface area contributed by atoms with Crippen LogP contribution in [-0.2, 0) is 0 Å². The fourth-order valence-electron chi connectivity index (χ4n) is 1.85. The molecule has 0 saturated heterocycles. The molecule has 0 spiro atoms. The summed E-state index contributed by atoms with van der Waals surface area (Å²) in [5, 5.41) is 2.91. The molecule has 0 bridgehead atoms. The van der Waals surface area contributed by atoms with E-state index in [1.165, 1.54) is 0 Å². The second kappa shape index (κ2) is 6.59.